The molecule has 4 rings (SSSR count). The van der Waals surface area contributed by atoms with E-state index in [-0.39, 0.29) is 24.3 Å². The lowest BCUT2D eigenvalue weighted by molar-refractivity contribution is -0.137. The van der Waals surface area contributed by atoms with E-state index < -0.39 is 25.0 Å². The van der Waals surface area contributed by atoms with Crippen LogP contribution in [0.3, 0.4) is 0 Å². The number of hydrogen-bond donors (Lipinski definition) is 3. The molecule has 1 atom stereocenters. The van der Waals surface area contributed by atoms with Gasteiger partial charge in [0.2, 0.25) is 0 Å². The number of halogens is 3. The standard InChI is InChI=1S/C23H20BF3N2O3/c25-23(26,27)17-8-6-15-10-20(32-24(30)19(15)12-17)16-7-9-18(22(28)29)21(11-16)31-13-14-4-2-1-3-5-14/h1-9,11-12,20,30H,10,13H2,(H3,28,29)/t20-/m1/s1. The van der Waals surface area contributed by atoms with Crippen LogP contribution in [0.1, 0.15) is 33.9 Å². The highest BCUT2D eigenvalue weighted by Crippen LogP contribution is 2.33. The third-order valence-corrected chi connectivity index (χ3v) is 5.34. The van der Waals surface area contributed by atoms with Crippen molar-refractivity contribution in [3.8, 4) is 5.75 Å². The van der Waals surface area contributed by atoms with E-state index in [0.29, 0.717) is 22.4 Å². The number of nitrogens with two attached hydrogens (primary N) is 1. The van der Waals surface area contributed by atoms with Gasteiger partial charge >= 0.3 is 13.3 Å². The Hall–Kier alpha value is -3.30. The number of benzene rings is 3. The van der Waals surface area contributed by atoms with Gasteiger partial charge in [0.25, 0.3) is 0 Å². The second-order valence-corrected chi connectivity index (χ2v) is 7.54. The van der Waals surface area contributed by atoms with E-state index in [9.17, 15) is 18.2 Å². The van der Waals surface area contributed by atoms with Crippen molar-refractivity contribution in [2.24, 2.45) is 5.73 Å². The Labute approximate surface area is 183 Å². The van der Waals surface area contributed by atoms with E-state index in [0.717, 1.165) is 17.7 Å². The predicted octanol–water partition coefficient (Wildman–Crippen LogP) is 3.57. The maximum atomic E-state index is 13.0. The molecule has 3 aromatic rings. The topological polar surface area (TPSA) is 88.6 Å². The van der Waals surface area contributed by atoms with Gasteiger partial charge < -0.3 is 20.1 Å². The Morgan fingerprint density at radius 2 is 1.88 bits per heavy atom. The van der Waals surface area contributed by atoms with Crippen LogP contribution in [0.25, 0.3) is 0 Å². The molecular weight excluding hydrogens is 420 g/mol. The van der Waals surface area contributed by atoms with Crippen LogP contribution in [0.5, 0.6) is 5.75 Å². The Kier molecular flexibility index (Phi) is 5.95. The second-order valence-electron chi connectivity index (χ2n) is 7.54. The quantitative estimate of drug-likeness (QED) is 0.322. The lowest BCUT2D eigenvalue weighted by Crippen LogP contribution is -2.43. The van der Waals surface area contributed by atoms with Crippen LogP contribution < -0.4 is 15.9 Å². The van der Waals surface area contributed by atoms with Crippen LogP contribution in [0.4, 0.5) is 13.2 Å². The van der Waals surface area contributed by atoms with Gasteiger partial charge in [0.1, 0.15) is 18.2 Å². The summed E-state index contributed by atoms with van der Waals surface area (Å²) in [4.78, 5) is 0. The van der Waals surface area contributed by atoms with E-state index in [1.165, 1.54) is 6.07 Å². The van der Waals surface area contributed by atoms with Gasteiger partial charge in [-0.05, 0) is 46.4 Å². The van der Waals surface area contributed by atoms with E-state index in [2.05, 4.69) is 0 Å². The first-order chi connectivity index (χ1) is 15.2. The van der Waals surface area contributed by atoms with Gasteiger partial charge in [-0.1, -0.05) is 42.5 Å². The van der Waals surface area contributed by atoms with Gasteiger partial charge in [0.05, 0.1) is 17.2 Å². The van der Waals surface area contributed by atoms with E-state index in [1.54, 1.807) is 18.2 Å². The molecule has 1 heterocycles. The van der Waals surface area contributed by atoms with Crippen LogP contribution in [0, 0.1) is 5.41 Å². The fraction of sp³-hybridized carbons (Fsp3) is 0.174. The third kappa shape index (κ3) is 4.63. The van der Waals surface area contributed by atoms with Gasteiger partial charge in [-0.15, -0.1) is 0 Å². The van der Waals surface area contributed by atoms with E-state index in [4.69, 9.17) is 20.5 Å². The molecule has 0 saturated carbocycles. The molecule has 0 fully saturated rings. The van der Waals surface area contributed by atoms with Crippen LogP contribution in [0.15, 0.2) is 66.7 Å². The molecule has 0 amide bonds. The van der Waals surface area contributed by atoms with E-state index >= 15 is 0 Å². The number of amidine groups is 1. The summed E-state index contributed by atoms with van der Waals surface area (Å²) < 4.78 is 50.6. The SMILES string of the molecule is N=C(N)c1ccc([C@H]2Cc3ccc(C(F)(F)F)cc3B(O)O2)cc1OCc1ccccc1. The maximum Gasteiger partial charge on any atom is 0.491 e. The lowest BCUT2D eigenvalue weighted by atomic mass is 9.71. The first-order valence-electron chi connectivity index (χ1n) is 9.91. The summed E-state index contributed by atoms with van der Waals surface area (Å²) in [7, 11) is -1.49. The molecular formula is C23H20BF3N2O3. The first-order valence-corrected chi connectivity index (χ1v) is 9.91. The normalized spacial score (nSPS) is 15.9. The maximum absolute atomic E-state index is 13.0. The van der Waals surface area contributed by atoms with Gasteiger partial charge in [-0.25, -0.2) is 0 Å². The molecule has 164 valence electrons. The number of nitrogen functional groups attached to an aromatic ring is 1. The highest BCUT2D eigenvalue weighted by atomic mass is 19.4. The van der Waals surface area contributed by atoms with Gasteiger partial charge in [-0.2, -0.15) is 13.2 Å². The fourth-order valence-electron chi connectivity index (χ4n) is 3.68. The van der Waals surface area contributed by atoms with Crippen molar-refractivity contribution < 1.29 is 27.6 Å². The highest BCUT2D eigenvalue weighted by molar-refractivity contribution is 6.61. The summed E-state index contributed by atoms with van der Waals surface area (Å²) in [5.41, 5.74) is 7.54. The zero-order valence-electron chi connectivity index (χ0n) is 16.9. The molecule has 0 radical (unpaired) electrons. The number of rotatable bonds is 5. The average Bonchev–Trinajstić information content (AvgIpc) is 2.77. The zero-order chi connectivity index (χ0) is 22.9. The van der Waals surface area contributed by atoms with Crippen molar-refractivity contribution in [2.45, 2.75) is 25.3 Å². The van der Waals surface area contributed by atoms with Crippen LogP contribution in [-0.4, -0.2) is 18.0 Å². The molecule has 0 bridgehead atoms. The number of nitrogens with one attached hydrogen (secondary N) is 1. The minimum absolute atomic E-state index is 0.108. The minimum Gasteiger partial charge on any atom is -0.488 e. The summed E-state index contributed by atoms with van der Waals surface area (Å²) in [6, 6.07) is 17.8. The Morgan fingerprint density at radius 3 is 2.56 bits per heavy atom. The summed E-state index contributed by atoms with van der Waals surface area (Å²) in [5.74, 6) is 0.226. The van der Waals surface area contributed by atoms with Crippen LogP contribution in [0.2, 0.25) is 0 Å². The third-order valence-electron chi connectivity index (χ3n) is 5.34. The summed E-state index contributed by atoms with van der Waals surface area (Å²) in [6.07, 6.45) is -4.82. The highest BCUT2D eigenvalue weighted by Gasteiger charge is 2.36. The average molecular weight is 440 g/mol. The molecule has 32 heavy (non-hydrogen) atoms. The molecule has 0 saturated heterocycles. The van der Waals surface area contributed by atoms with E-state index in [1.807, 2.05) is 30.3 Å². The predicted molar refractivity (Wildman–Crippen MR) is 115 cm³/mol. The lowest BCUT2D eigenvalue weighted by Gasteiger charge is -2.29. The molecule has 0 spiro atoms. The molecule has 9 heteroatoms. The zero-order valence-corrected chi connectivity index (χ0v) is 16.9. The molecule has 5 nitrogen and oxygen atoms in total. The fourth-order valence-corrected chi connectivity index (χ4v) is 3.68. The molecule has 0 aliphatic carbocycles. The van der Waals surface area contributed by atoms with Gasteiger partial charge in [0, 0.05) is 6.42 Å². The summed E-state index contributed by atoms with van der Waals surface area (Å²) >= 11 is 0. The van der Waals surface area contributed by atoms with Crippen LogP contribution in [-0.2, 0) is 23.9 Å². The second kappa shape index (κ2) is 8.68. The Balaban J connectivity index is 1.60. The minimum atomic E-state index is -4.50. The molecule has 1 aliphatic heterocycles. The van der Waals surface area contributed by atoms with Crippen molar-refractivity contribution in [2.75, 3.05) is 0 Å². The molecule has 3 aromatic carbocycles. The summed E-state index contributed by atoms with van der Waals surface area (Å²) in [5, 5.41) is 18.2. The molecule has 0 unspecified atom stereocenters. The number of alkyl halides is 3. The molecule has 4 N–H and O–H groups in total. The van der Waals surface area contributed by atoms with Crippen molar-refractivity contribution in [1.29, 1.82) is 5.41 Å². The van der Waals surface area contributed by atoms with Gasteiger partial charge in [0.15, 0.2) is 0 Å². The first kappa shape index (κ1) is 21.9. The molecule has 0 aromatic heterocycles. The number of ether oxygens (including phenoxy) is 1. The van der Waals surface area contributed by atoms with Crippen LogP contribution >= 0.6 is 0 Å². The number of fused-ring (bicyclic) bond motifs is 1. The molecule has 1 aliphatic rings. The largest absolute Gasteiger partial charge is 0.491 e. The Morgan fingerprint density at radius 1 is 1.12 bits per heavy atom. The summed E-state index contributed by atoms with van der Waals surface area (Å²) in [6.45, 7) is 0.266. The smallest absolute Gasteiger partial charge is 0.488 e. The number of hydrogen-bond acceptors (Lipinski definition) is 4. The van der Waals surface area contributed by atoms with Crippen molar-refractivity contribution in [3.63, 3.8) is 0 Å². The monoisotopic (exact) mass is 440 g/mol. The van der Waals surface area contributed by atoms with Crippen molar-refractivity contribution in [3.05, 3.63) is 94.5 Å². The van der Waals surface area contributed by atoms with Gasteiger partial charge in [-0.3, -0.25) is 5.41 Å². The van der Waals surface area contributed by atoms with Crippen molar-refractivity contribution >= 4 is 18.4 Å². The van der Waals surface area contributed by atoms with Crippen molar-refractivity contribution in [1.82, 2.24) is 0 Å². The Bertz CT molecular complexity index is 1140.